The number of para-hydroxylation sites is 2. The van der Waals surface area contributed by atoms with E-state index in [1.165, 1.54) is 0 Å². The van der Waals surface area contributed by atoms with Crippen LogP contribution in [0.25, 0.3) is 132 Å². The Kier molecular flexibility index (Phi) is 6.07. The predicted octanol–water partition coefficient (Wildman–Crippen LogP) is 14.0. The second-order valence-electron chi connectivity index (χ2n) is 14.7. The smallest absolute Gasteiger partial charge is 0.164 e. The average molecular weight is 730 g/mol. The van der Waals surface area contributed by atoms with Gasteiger partial charge in [0.2, 0.25) is 0 Å². The van der Waals surface area contributed by atoms with Gasteiger partial charge in [-0.15, -0.1) is 0 Å². The lowest BCUT2D eigenvalue weighted by Gasteiger charge is -2.12. The van der Waals surface area contributed by atoms with Crippen LogP contribution in [-0.2, 0) is 0 Å². The molecule has 6 nitrogen and oxygen atoms in total. The van der Waals surface area contributed by atoms with Crippen LogP contribution < -0.4 is 0 Å². The number of aromatic nitrogens is 3. The molecule has 0 radical (unpaired) electrons. The Morgan fingerprint density at radius 1 is 0.281 bits per heavy atom. The molecule has 0 N–H and O–H groups in total. The van der Waals surface area contributed by atoms with Gasteiger partial charge in [0.25, 0.3) is 0 Å². The third kappa shape index (κ3) is 4.38. The van der Waals surface area contributed by atoms with Crippen LogP contribution in [0.15, 0.2) is 177 Å². The summed E-state index contributed by atoms with van der Waals surface area (Å²) in [4.78, 5) is 16.2. The molecule has 4 aromatic heterocycles. The van der Waals surface area contributed by atoms with Crippen molar-refractivity contribution in [3.63, 3.8) is 0 Å². The highest BCUT2D eigenvalue weighted by Crippen LogP contribution is 2.45. The molecule has 6 heteroatoms. The van der Waals surface area contributed by atoms with Gasteiger partial charge in [0.05, 0.1) is 0 Å². The Morgan fingerprint density at radius 3 is 1.32 bits per heavy atom. The van der Waals surface area contributed by atoms with Gasteiger partial charge in [-0.1, -0.05) is 121 Å². The lowest BCUT2D eigenvalue weighted by molar-refractivity contribution is 0.669. The summed E-state index contributed by atoms with van der Waals surface area (Å²) in [6.07, 6.45) is 0. The van der Waals surface area contributed by atoms with E-state index in [1.807, 2.05) is 60.7 Å². The van der Waals surface area contributed by atoms with Crippen molar-refractivity contribution in [3.05, 3.63) is 164 Å². The highest BCUT2D eigenvalue weighted by molar-refractivity contribution is 6.23. The van der Waals surface area contributed by atoms with Gasteiger partial charge in [-0.3, -0.25) is 0 Å². The summed E-state index contributed by atoms with van der Waals surface area (Å²) in [5.41, 5.74) is 7.38. The molecule has 13 rings (SSSR count). The molecule has 0 bridgehead atoms. The zero-order chi connectivity index (χ0) is 37.2. The van der Waals surface area contributed by atoms with Crippen molar-refractivity contribution >= 4 is 98.1 Å². The molecule has 57 heavy (non-hydrogen) atoms. The van der Waals surface area contributed by atoms with Crippen molar-refractivity contribution in [1.82, 2.24) is 15.0 Å². The van der Waals surface area contributed by atoms with Crippen LogP contribution in [0.3, 0.4) is 0 Å². The average Bonchev–Trinajstić information content (AvgIpc) is 3.97. The minimum absolute atomic E-state index is 0.541. The molecular formula is C51H27N3O3. The summed E-state index contributed by atoms with van der Waals surface area (Å²) < 4.78 is 19.8. The highest BCUT2D eigenvalue weighted by Gasteiger charge is 2.24. The van der Waals surface area contributed by atoms with E-state index in [9.17, 15) is 0 Å². The van der Waals surface area contributed by atoms with Gasteiger partial charge >= 0.3 is 0 Å². The Morgan fingerprint density at radius 2 is 0.737 bits per heavy atom. The zero-order valence-corrected chi connectivity index (χ0v) is 30.2. The molecule has 0 amide bonds. The number of hydrogen-bond donors (Lipinski definition) is 0. The SMILES string of the molecule is c1ccc2cc3c(cc2c1)oc1cccc(-c2nc(-c4cc5ccccc5c5oc6ccccc6c45)nc(-c4cc5ccccc5c5oc6ccccc6c45)n2)c13. The molecule has 0 aliphatic heterocycles. The maximum atomic E-state index is 6.64. The third-order valence-corrected chi connectivity index (χ3v) is 11.5. The van der Waals surface area contributed by atoms with Crippen LogP contribution in [0.4, 0.5) is 0 Å². The van der Waals surface area contributed by atoms with Crippen LogP contribution in [0.5, 0.6) is 0 Å². The summed E-state index contributed by atoms with van der Waals surface area (Å²) >= 11 is 0. The fraction of sp³-hybridized carbons (Fsp3) is 0. The second kappa shape index (κ2) is 11.4. The van der Waals surface area contributed by atoms with Crippen LogP contribution in [-0.4, -0.2) is 15.0 Å². The number of rotatable bonds is 3. The molecule has 0 fully saturated rings. The van der Waals surface area contributed by atoms with E-state index in [4.69, 9.17) is 28.2 Å². The van der Waals surface area contributed by atoms with E-state index in [2.05, 4.69) is 103 Å². The highest BCUT2D eigenvalue weighted by atomic mass is 16.3. The van der Waals surface area contributed by atoms with Crippen LogP contribution >= 0.6 is 0 Å². The van der Waals surface area contributed by atoms with Gasteiger partial charge in [0.15, 0.2) is 17.5 Å². The number of benzene rings is 9. The van der Waals surface area contributed by atoms with Crippen LogP contribution in [0, 0.1) is 0 Å². The van der Waals surface area contributed by atoms with Crippen molar-refractivity contribution in [3.8, 4) is 34.2 Å². The quantitative estimate of drug-likeness (QED) is 0.180. The van der Waals surface area contributed by atoms with E-state index in [0.29, 0.717) is 17.5 Å². The van der Waals surface area contributed by atoms with Gasteiger partial charge in [-0.2, -0.15) is 0 Å². The first-order chi connectivity index (χ1) is 28.2. The molecule has 9 aromatic carbocycles. The van der Waals surface area contributed by atoms with E-state index < -0.39 is 0 Å². The molecule has 0 unspecified atom stereocenters. The largest absolute Gasteiger partial charge is 0.456 e. The summed E-state index contributed by atoms with van der Waals surface area (Å²) in [5.74, 6) is 1.63. The fourth-order valence-corrected chi connectivity index (χ4v) is 8.91. The predicted molar refractivity (Wildman–Crippen MR) is 230 cm³/mol. The summed E-state index contributed by atoms with van der Waals surface area (Å²) in [7, 11) is 0. The minimum Gasteiger partial charge on any atom is -0.456 e. The Bertz CT molecular complexity index is 3660. The van der Waals surface area contributed by atoms with Crippen molar-refractivity contribution in [2.75, 3.05) is 0 Å². The second-order valence-corrected chi connectivity index (χ2v) is 14.7. The van der Waals surface area contributed by atoms with Crippen LogP contribution in [0.2, 0.25) is 0 Å². The van der Waals surface area contributed by atoms with Crippen LogP contribution in [0.1, 0.15) is 0 Å². The van der Waals surface area contributed by atoms with Gasteiger partial charge in [0.1, 0.15) is 33.5 Å². The molecule has 4 heterocycles. The Balaban J connectivity index is 1.19. The van der Waals surface area contributed by atoms with Crippen molar-refractivity contribution < 1.29 is 13.3 Å². The number of nitrogens with zero attached hydrogens (tertiary/aromatic N) is 3. The normalized spacial score (nSPS) is 12.2. The molecule has 13 aromatic rings. The number of hydrogen-bond acceptors (Lipinski definition) is 6. The summed E-state index contributed by atoms with van der Waals surface area (Å²) in [5, 5.41) is 12.3. The number of furan rings is 3. The molecule has 0 atom stereocenters. The molecular weight excluding hydrogens is 703 g/mol. The molecule has 0 saturated carbocycles. The number of fused-ring (bicyclic) bond motifs is 14. The molecule has 0 aliphatic rings. The first kappa shape index (κ1) is 30.5. The standard InChI is InChI=1S/C51H27N3O3/c1-2-13-29-27-43-37(24-28(29)12-1)44-36(20-11-23-42(44)55-43)49-52-50(38-25-30-14-3-5-16-32(30)47-45(38)34-18-7-9-21-40(34)56-47)54-51(53-49)39-26-31-15-4-6-17-33(31)48-46(39)35-19-8-10-22-41(35)57-48/h1-27H. The summed E-state index contributed by atoms with van der Waals surface area (Å²) in [6.45, 7) is 0. The van der Waals surface area contributed by atoms with Gasteiger partial charge in [-0.25, -0.2) is 15.0 Å². The van der Waals surface area contributed by atoms with Crippen molar-refractivity contribution in [1.29, 1.82) is 0 Å². The third-order valence-electron chi connectivity index (χ3n) is 11.5. The summed E-state index contributed by atoms with van der Waals surface area (Å²) in [6, 6.07) is 56.2. The lowest BCUT2D eigenvalue weighted by atomic mass is 9.98. The van der Waals surface area contributed by atoms with Gasteiger partial charge in [0, 0.05) is 59.8 Å². The first-order valence-corrected chi connectivity index (χ1v) is 19.0. The maximum absolute atomic E-state index is 6.64. The van der Waals surface area contributed by atoms with E-state index in [-0.39, 0.29) is 0 Å². The molecule has 0 saturated heterocycles. The Hall–Kier alpha value is -7.83. The Labute approximate surface area is 323 Å². The van der Waals surface area contributed by atoms with Crippen molar-refractivity contribution in [2.45, 2.75) is 0 Å². The minimum atomic E-state index is 0.541. The van der Waals surface area contributed by atoms with Gasteiger partial charge < -0.3 is 13.3 Å². The molecule has 0 aliphatic carbocycles. The topological polar surface area (TPSA) is 78.1 Å². The van der Waals surface area contributed by atoms with E-state index >= 15 is 0 Å². The van der Waals surface area contributed by atoms with E-state index in [0.717, 1.165) is 115 Å². The van der Waals surface area contributed by atoms with Crippen molar-refractivity contribution in [2.24, 2.45) is 0 Å². The lowest BCUT2D eigenvalue weighted by Crippen LogP contribution is -2.01. The maximum Gasteiger partial charge on any atom is 0.164 e. The van der Waals surface area contributed by atoms with E-state index in [1.54, 1.807) is 0 Å². The molecule has 264 valence electrons. The molecule has 0 spiro atoms. The fourth-order valence-electron chi connectivity index (χ4n) is 8.91. The zero-order valence-electron chi connectivity index (χ0n) is 30.2. The first-order valence-electron chi connectivity index (χ1n) is 19.0. The monoisotopic (exact) mass is 729 g/mol. The van der Waals surface area contributed by atoms with Gasteiger partial charge in [-0.05, 0) is 64.0 Å².